The summed E-state index contributed by atoms with van der Waals surface area (Å²) in [6, 6.07) is 0. The first-order valence-electron chi connectivity index (χ1n) is 3.68. The van der Waals surface area contributed by atoms with Gasteiger partial charge in [0, 0.05) is 13.1 Å². The van der Waals surface area contributed by atoms with Gasteiger partial charge in [-0.1, -0.05) is 13.8 Å². The molecule has 0 amide bonds. The fraction of sp³-hybridized carbons (Fsp3) is 1.00. The zero-order valence-corrected chi connectivity index (χ0v) is 6.30. The predicted octanol–water partition coefficient (Wildman–Crippen LogP) is 0.838. The third-order valence-corrected chi connectivity index (χ3v) is 1.90. The number of piperidine rings is 1. The first-order chi connectivity index (χ1) is 4.18. The summed E-state index contributed by atoms with van der Waals surface area (Å²) in [5, 5.41) is 1.93. The molecule has 1 rings (SSSR count). The highest BCUT2D eigenvalue weighted by atomic mass is 15.4. The van der Waals surface area contributed by atoms with Gasteiger partial charge in [0.25, 0.3) is 0 Å². The van der Waals surface area contributed by atoms with E-state index < -0.39 is 0 Å². The number of nitrogens with zero attached hydrogens (tertiary/aromatic N) is 1. The van der Waals surface area contributed by atoms with Crippen LogP contribution < -0.4 is 5.84 Å². The SMILES string of the molecule is C[C@H]1C[C@H](C)CN(N)C1. The maximum atomic E-state index is 5.65. The Morgan fingerprint density at radius 2 is 1.67 bits per heavy atom. The molecule has 0 aromatic carbocycles. The van der Waals surface area contributed by atoms with Crippen molar-refractivity contribution in [2.45, 2.75) is 20.3 Å². The van der Waals surface area contributed by atoms with Crippen molar-refractivity contribution in [3.63, 3.8) is 0 Å². The van der Waals surface area contributed by atoms with E-state index in [0.29, 0.717) is 0 Å². The second-order valence-corrected chi connectivity index (χ2v) is 3.40. The number of hydrogen-bond acceptors (Lipinski definition) is 2. The lowest BCUT2D eigenvalue weighted by molar-refractivity contribution is 0.143. The van der Waals surface area contributed by atoms with E-state index in [9.17, 15) is 0 Å². The molecule has 1 aliphatic heterocycles. The van der Waals surface area contributed by atoms with Crippen molar-refractivity contribution in [2.24, 2.45) is 17.7 Å². The van der Waals surface area contributed by atoms with Crippen LogP contribution in [0.2, 0.25) is 0 Å². The fourth-order valence-electron chi connectivity index (χ4n) is 1.71. The maximum absolute atomic E-state index is 5.65. The summed E-state index contributed by atoms with van der Waals surface area (Å²) >= 11 is 0. The van der Waals surface area contributed by atoms with Crippen molar-refractivity contribution in [2.75, 3.05) is 13.1 Å². The molecule has 0 unspecified atom stereocenters. The average Bonchev–Trinajstić information content (AvgIpc) is 1.59. The smallest absolute Gasteiger partial charge is 0.0154 e. The van der Waals surface area contributed by atoms with E-state index in [4.69, 9.17) is 5.84 Å². The third kappa shape index (κ3) is 1.95. The quantitative estimate of drug-likeness (QED) is 0.490. The molecule has 54 valence electrons. The Labute approximate surface area is 57.0 Å². The zero-order valence-electron chi connectivity index (χ0n) is 6.30. The maximum Gasteiger partial charge on any atom is 0.0154 e. The lowest BCUT2D eigenvalue weighted by atomic mass is 9.93. The first-order valence-corrected chi connectivity index (χ1v) is 3.68. The number of rotatable bonds is 0. The van der Waals surface area contributed by atoms with Crippen LogP contribution in [0.5, 0.6) is 0 Å². The molecule has 0 spiro atoms. The number of nitrogens with two attached hydrogens (primary N) is 1. The second kappa shape index (κ2) is 2.67. The summed E-state index contributed by atoms with van der Waals surface area (Å²) in [5.74, 6) is 7.23. The average molecular weight is 128 g/mol. The Bertz CT molecular complexity index is 67.9. The van der Waals surface area contributed by atoms with Crippen molar-refractivity contribution < 1.29 is 0 Å². The topological polar surface area (TPSA) is 29.3 Å². The summed E-state index contributed by atoms with van der Waals surface area (Å²) in [5.41, 5.74) is 0. The summed E-state index contributed by atoms with van der Waals surface area (Å²) in [6.45, 7) is 6.67. The van der Waals surface area contributed by atoms with Crippen molar-refractivity contribution in [3.05, 3.63) is 0 Å². The monoisotopic (exact) mass is 128 g/mol. The highest BCUT2D eigenvalue weighted by molar-refractivity contribution is 4.70. The van der Waals surface area contributed by atoms with E-state index in [0.717, 1.165) is 24.9 Å². The van der Waals surface area contributed by atoms with Crippen LogP contribution in [-0.2, 0) is 0 Å². The standard InChI is InChI=1S/C7H16N2/c1-6-3-7(2)5-9(8)4-6/h6-7H,3-5,8H2,1-2H3/t6-,7-/m0/s1. The van der Waals surface area contributed by atoms with Gasteiger partial charge in [0.05, 0.1) is 0 Å². The summed E-state index contributed by atoms with van der Waals surface area (Å²) < 4.78 is 0. The summed E-state index contributed by atoms with van der Waals surface area (Å²) in [6.07, 6.45) is 1.34. The first kappa shape index (κ1) is 7.03. The molecule has 1 aliphatic rings. The summed E-state index contributed by atoms with van der Waals surface area (Å²) in [7, 11) is 0. The third-order valence-electron chi connectivity index (χ3n) is 1.90. The Morgan fingerprint density at radius 1 is 1.22 bits per heavy atom. The van der Waals surface area contributed by atoms with Gasteiger partial charge in [-0.15, -0.1) is 0 Å². The lowest BCUT2D eigenvalue weighted by Gasteiger charge is -2.31. The molecule has 2 N–H and O–H groups in total. The van der Waals surface area contributed by atoms with Crippen molar-refractivity contribution in [3.8, 4) is 0 Å². The molecule has 2 heteroatoms. The van der Waals surface area contributed by atoms with Crippen LogP contribution in [0.4, 0.5) is 0 Å². The molecule has 0 aromatic heterocycles. The van der Waals surface area contributed by atoms with Crippen molar-refractivity contribution in [1.29, 1.82) is 0 Å². The molecule has 2 atom stereocenters. The van der Waals surface area contributed by atoms with Crippen LogP contribution in [0.25, 0.3) is 0 Å². The Morgan fingerprint density at radius 3 is 2.00 bits per heavy atom. The van der Waals surface area contributed by atoms with Crippen LogP contribution in [-0.4, -0.2) is 18.1 Å². The van der Waals surface area contributed by atoms with Gasteiger partial charge in [-0.05, 0) is 18.3 Å². The molecule has 0 bridgehead atoms. The van der Waals surface area contributed by atoms with Gasteiger partial charge in [0.2, 0.25) is 0 Å². The number of hydrogen-bond donors (Lipinski definition) is 1. The fourth-order valence-corrected chi connectivity index (χ4v) is 1.71. The van der Waals surface area contributed by atoms with Gasteiger partial charge in [0.1, 0.15) is 0 Å². The van der Waals surface area contributed by atoms with Gasteiger partial charge in [-0.25, -0.2) is 5.01 Å². The minimum atomic E-state index is 0.791. The molecule has 9 heavy (non-hydrogen) atoms. The molecule has 1 fully saturated rings. The molecule has 1 saturated heterocycles. The molecule has 0 aliphatic carbocycles. The molecule has 2 nitrogen and oxygen atoms in total. The zero-order chi connectivity index (χ0) is 6.85. The Balaban J connectivity index is 2.34. The van der Waals surface area contributed by atoms with E-state index in [2.05, 4.69) is 13.8 Å². The molecule has 0 radical (unpaired) electrons. The van der Waals surface area contributed by atoms with Crippen LogP contribution in [0, 0.1) is 11.8 Å². The van der Waals surface area contributed by atoms with Crippen molar-refractivity contribution >= 4 is 0 Å². The van der Waals surface area contributed by atoms with E-state index >= 15 is 0 Å². The predicted molar refractivity (Wildman–Crippen MR) is 38.7 cm³/mol. The molecular formula is C7H16N2. The van der Waals surface area contributed by atoms with Crippen LogP contribution in [0.15, 0.2) is 0 Å². The number of hydrazine groups is 1. The lowest BCUT2D eigenvalue weighted by Crippen LogP contribution is -2.43. The van der Waals surface area contributed by atoms with Crippen LogP contribution >= 0.6 is 0 Å². The highest BCUT2D eigenvalue weighted by Gasteiger charge is 2.18. The molecule has 0 aromatic rings. The minimum Gasteiger partial charge on any atom is -0.269 e. The van der Waals surface area contributed by atoms with Crippen molar-refractivity contribution in [1.82, 2.24) is 5.01 Å². The van der Waals surface area contributed by atoms with E-state index in [1.54, 1.807) is 0 Å². The normalized spacial score (nSPS) is 39.0. The molecular weight excluding hydrogens is 112 g/mol. The van der Waals surface area contributed by atoms with Gasteiger partial charge in [-0.2, -0.15) is 0 Å². The summed E-state index contributed by atoms with van der Waals surface area (Å²) in [4.78, 5) is 0. The molecule has 1 heterocycles. The second-order valence-electron chi connectivity index (χ2n) is 3.40. The van der Waals surface area contributed by atoms with Crippen LogP contribution in [0.1, 0.15) is 20.3 Å². The largest absolute Gasteiger partial charge is 0.269 e. The van der Waals surface area contributed by atoms with E-state index in [1.165, 1.54) is 6.42 Å². The van der Waals surface area contributed by atoms with E-state index in [1.807, 2.05) is 5.01 Å². The Hall–Kier alpha value is -0.0800. The van der Waals surface area contributed by atoms with Gasteiger partial charge < -0.3 is 0 Å². The van der Waals surface area contributed by atoms with E-state index in [-0.39, 0.29) is 0 Å². The highest BCUT2D eigenvalue weighted by Crippen LogP contribution is 2.17. The van der Waals surface area contributed by atoms with Gasteiger partial charge in [-0.3, -0.25) is 5.84 Å². The Kier molecular flexibility index (Phi) is 2.09. The minimum absolute atomic E-state index is 0.791. The van der Waals surface area contributed by atoms with Crippen LogP contribution in [0.3, 0.4) is 0 Å². The van der Waals surface area contributed by atoms with Gasteiger partial charge >= 0.3 is 0 Å². The molecule has 0 saturated carbocycles. The van der Waals surface area contributed by atoms with Gasteiger partial charge in [0.15, 0.2) is 0 Å².